The van der Waals surface area contributed by atoms with Crippen LogP contribution >= 0.6 is 15.9 Å². The Kier molecular flexibility index (Phi) is 5.00. The molecule has 0 amide bonds. The van der Waals surface area contributed by atoms with Gasteiger partial charge in [0.1, 0.15) is 6.61 Å². The summed E-state index contributed by atoms with van der Waals surface area (Å²) in [5, 5.41) is 7.36. The number of nitrogens with zero attached hydrogens (tertiary/aromatic N) is 2. The molecule has 21 heavy (non-hydrogen) atoms. The molecule has 0 saturated carbocycles. The van der Waals surface area contributed by atoms with E-state index in [1.165, 1.54) is 6.07 Å². The number of aryl methyl sites for hydroxylation is 2. The first-order chi connectivity index (χ1) is 9.93. The summed E-state index contributed by atoms with van der Waals surface area (Å²) in [4.78, 5) is 0. The van der Waals surface area contributed by atoms with Crippen molar-refractivity contribution in [2.45, 2.75) is 26.5 Å². The first-order valence-corrected chi connectivity index (χ1v) is 7.50. The Morgan fingerprint density at radius 1 is 1.48 bits per heavy atom. The Bertz CT molecular complexity index is 642. The number of hydrogen-bond acceptors (Lipinski definition) is 3. The van der Waals surface area contributed by atoms with Crippen LogP contribution < -0.4 is 10.1 Å². The molecule has 6 heteroatoms. The van der Waals surface area contributed by atoms with E-state index in [1.54, 1.807) is 10.7 Å². The summed E-state index contributed by atoms with van der Waals surface area (Å²) in [6, 6.07) is 5.13. The lowest BCUT2D eigenvalue weighted by Crippen LogP contribution is -2.12. The van der Waals surface area contributed by atoms with Crippen molar-refractivity contribution in [1.29, 1.82) is 0 Å². The van der Waals surface area contributed by atoms with Gasteiger partial charge < -0.3 is 10.1 Å². The Balaban J connectivity index is 2.13. The first-order valence-electron chi connectivity index (χ1n) is 6.71. The highest BCUT2D eigenvalue weighted by molar-refractivity contribution is 9.10. The molecule has 0 radical (unpaired) electrons. The fraction of sp³-hybridized carbons (Fsp3) is 0.400. The van der Waals surface area contributed by atoms with Crippen molar-refractivity contribution in [1.82, 2.24) is 15.1 Å². The van der Waals surface area contributed by atoms with E-state index in [4.69, 9.17) is 4.74 Å². The standard InChI is InChI=1S/C15H19BrFN3O/c1-9(18-3)11-5-6-14(12(17)7-11)21-8-13-15(16)10(2)19-20(13)4/h5-7,9,18H,8H2,1-4H3. The maximum absolute atomic E-state index is 14.1. The van der Waals surface area contributed by atoms with Crippen LogP contribution in [0.25, 0.3) is 0 Å². The molecule has 0 fully saturated rings. The molecule has 2 aromatic rings. The second-order valence-electron chi connectivity index (χ2n) is 4.96. The second-order valence-corrected chi connectivity index (χ2v) is 5.75. The number of nitrogens with one attached hydrogen (secondary N) is 1. The summed E-state index contributed by atoms with van der Waals surface area (Å²) in [6.45, 7) is 4.14. The third-order valence-corrected chi connectivity index (χ3v) is 4.55. The number of halogens is 2. The summed E-state index contributed by atoms with van der Waals surface area (Å²) >= 11 is 3.47. The van der Waals surface area contributed by atoms with Crippen LogP contribution in [0.5, 0.6) is 5.75 Å². The Labute approximate surface area is 132 Å². The average Bonchev–Trinajstić information content (AvgIpc) is 2.70. The van der Waals surface area contributed by atoms with Crippen LogP contribution in [0, 0.1) is 12.7 Å². The van der Waals surface area contributed by atoms with E-state index in [0.717, 1.165) is 21.4 Å². The van der Waals surface area contributed by atoms with Crippen molar-refractivity contribution in [3.8, 4) is 5.75 Å². The number of hydrogen-bond donors (Lipinski definition) is 1. The van der Waals surface area contributed by atoms with Gasteiger partial charge in [-0.2, -0.15) is 5.10 Å². The van der Waals surface area contributed by atoms with Gasteiger partial charge in [-0.1, -0.05) is 6.07 Å². The maximum Gasteiger partial charge on any atom is 0.165 e. The van der Waals surface area contributed by atoms with Crippen LogP contribution in [0.4, 0.5) is 4.39 Å². The minimum atomic E-state index is -0.357. The van der Waals surface area contributed by atoms with E-state index >= 15 is 0 Å². The molecule has 0 aliphatic rings. The van der Waals surface area contributed by atoms with Crippen LogP contribution in [-0.2, 0) is 13.7 Å². The van der Waals surface area contributed by atoms with Crippen LogP contribution in [0.15, 0.2) is 22.7 Å². The predicted molar refractivity (Wildman–Crippen MR) is 83.9 cm³/mol. The van der Waals surface area contributed by atoms with Gasteiger partial charge in [-0.3, -0.25) is 4.68 Å². The lowest BCUT2D eigenvalue weighted by molar-refractivity contribution is 0.279. The molecule has 114 valence electrons. The van der Waals surface area contributed by atoms with E-state index < -0.39 is 0 Å². The number of rotatable bonds is 5. The van der Waals surface area contributed by atoms with Crippen LogP contribution in [0.3, 0.4) is 0 Å². The first kappa shape index (κ1) is 16.0. The highest BCUT2D eigenvalue weighted by Crippen LogP contribution is 2.25. The second kappa shape index (κ2) is 6.58. The van der Waals surface area contributed by atoms with Crippen molar-refractivity contribution < 1.29 is 9.13 Å². The molecule has 1 unspecified atom stereocenters. The molecule has 0 saturated heterocycles. The molecular formula is C15H19BrFN3O. The lowest BCUT2D eigenvalue weighted by Gasteiger charge is -2.13. The normalized spacial score (nSPS) is 12.5. The zero-order valence-corrected chi connectivity index (χ0v) is 14.2. The van der Waals surface area contributed by atoms with Gasteiger partial charge in [-0.15, -0.1) is 0 Å². The van der Waals surface area contributed by atoms with Gasteiger partial charge in [0.25, 0.3) is 0 Å². The number of ether oxygens (including phenoxy) is 1. The van der Waals surface area contributed by atoms with E-state index in [2.05, 4.69) is 26.3 Å². The van der Waals surface area contributed by atoms with Crippen molar-refractivity contribution in [2.75, 3.05) is 7.05 Å². The molecular weight excluding hydrogens is 337 g/mol. The van der Waals surface area contributed by atoms with E-state index in [1.807, 2.05) is 34.0 Å². The Morgan fingerprint density at radius 2 is 2.19 bits per heavy atom. The fourth-order valence-corrected chi connectivity index (χ4v) is 2.50. The third kappa shape index (κ3) is 3.44. The topological polar surface area (TPSA) is 39.1 Å². The molecule has 1 aromatic heterocycles. The molecule has 1 N–H and O–H groups in total. The summed E-state index contributed by atoms with van der Waals surface area (Å²) in [5.41, 5.74) is 2.65. The van der Waals surface area contributed by atoms with Gasteiger partial charge in [0, 0.05) is 13.1 Å². The minimum absolute atomic E-state index is 0.0995. The van der Waals surface area contributed by atoms with Gasteiger partial charge in [0.2, 0.25) is 0 Å². The smallest absolute Gasteiger partial charge is 0.165 e. The van der Waals surface area contributed by atoms with Gasteiger partial charge in [-0.25, -0.2) is 4.39 Å². The van der Waals surface area contributed by atoms with Crippen LogP contribution in [0.2, 0.25) is 0 Å². The molecule has 4 nitrogen and oxygen atoms in total. The zero-order chi connectivity index (χ0) is 15.6. The Hall–Kier alpha value is -1.40. The molecule has 1 atom stereocenters. The van der Waals surface area contributed by atoms with Gasteiger partial charge in [0.05, 0.1) is 15.9 Å². The zero-order valence-electron chi connectivity index (χ0n) is 12.6. The van der Waals surface area contributed by atoms with Crippen molar-refractivity contribution in [3.63, 3.8) is 0 Å². The van der Waals surface area contributed by atoms with Crippen LogP contribution in [0.1, 0.15) is 29.9 Å². The molecule has 0 aliphatic heterocycles. The molecule has 0 aliphatic carbocycles. The maximum atomic E-state index is 14.1. The monoisotopic (exact) mass is 355 g/mol. The summed E-state index contributed by atoms with van der Waals surface area (Å²) in [6.07, 6.45) is 0. The van der Waals surface area contributed by atoms with E-state index in [9.17, 15) is 4.39 Å². The van der Waals surface area contributed by atoms with Crippen molar-refractivity contribution in [3.05, 3.63) is 45.4 Å². The minimum Gasteiger partial charge on any atom is -0.484 e. The summed E-state index contributed by atoms with van der Waals surface area (Å²) < 4.78 is 22.3. The molecule has 1 heterocycles. The van der Waals surface area contributed by atoms with Gasteiger partial charge >= 0.3 is 0 Å². The van der Waals surface area contributed by atoms with Gasteiger partial charge in [-0.05, 0) is 54.5 Å². The average molecular weight is 356 g/mol. The molecule has 2 rings (SSSR count). The van der Waals surface area contributed by atoms with Crippen molar-refractivity contribution in [2.24, 2.45) is 7.05 Å². The highest BCUT2D eigenvalue weighted by Gasteiger charge is 2.13. The molecule has 0 spiro atoms. The number of aromatic nitrogens is 2. The van der Waals surface area contributed by atoms with E-state index in [0.29, 0.717) is 0 Å². The quantitative estimate of drug-likeness (QED) is 0.892. The summed E-state index contributed by atoms with van der Waals surface area (Å²) in [5.74, 6) is -0.114. The van der Waals surface area contributed by atoms with Gasteiger partial charge in [0.15, 0.2) is 11.6 Å². The largest absolute Gasteiger partial charge is 0.484 e. The fourth-order valence-electron chi connectivity index (χ4n) is 2.05. The highest BCUT2D eigenvalue weighted by atomic mass is 79.9. The third-order valence-electron chi connectivity index (χ3n) is 3.51. The predicted octanol–water partition coefficient (Wildman–Crippen LogP) is 3.49. The SMILES string of the molecule is CNC(C)c1ccc(OCc2c(Br)c(C)nn2C)c(F)c1. The number of benzene rings is 1. The van der Waals surface area contributed by atoms with Crippen LogP contribution in [-0.4, -0.2) is 16.8 Å². The lowest BCUT2D eigenvalue weighted by atomic mass is 10.1. The van der Waals surface area contributed by atoms with E-state index in [-0.39, 0.29) is 24.2 Å². The Morgan fingerprint density at radius 3 is 2.71 bits per heavy atom. The van der Waals surface area contributed by atoms with Crippen molar-refractivity contribution >= 4 is 15.9 Å². The molecule has 1 aromatic carbocycles. The molecule has 0 bridgehead atoms. The summed E-state index contributed by atoms with van der Waals surface area (Å²) in [7, 11) is 3.68.